The molecule has 0 saturated carbocycles. The molecule has 0 radical (unpaired) electrons. The first-order valence-electron chi connectivity index (χ1n) is 11.9. The number of halogens is 4. The van der Waals surface area contributed by atoms with Crippen molar-refractivity contribution < 1.29 is 9.47 Å². The molecule has 0 aromatic heterocycles. The fraction of sp³-hybridized carbons (Fsp3) is 0.357. The van der Waals surface area contributed by atoms with Crippen molar-refractivity contribution in [3.8, 4) is 11.5 Å². The third-order valence-corrected chi connectivity index (χ3v) is 6.75. The van der Waals surface area contributed by atoms with E-state index in [4.69, 9.17) is 32.7 Å². The van der Waals surface area contributed by atoms with E-state index in [0.29, 0.717) is 29.3 Å². The topological polar surface area (TPSA) is 33.7 Å². The quantitative estimate of drug-likeness (QED) is 0.272. The normalized spacial score (nSPS) is 14.0. The maximum atomic E-state index is 6.35. The minimum Gasteiger partial charge on any atom is -0.490 e. The second-order valence-electron chi connectivity index (χ2n) is 8.62. The molecule has 3 aromatic carbocycles. The van der Waals surface area contributed by atoms with Crippen LogP contribution in [0.3, 0.4) is 0 Å². The Labute approximate surface area is 237 Å². The minimum absolute atomic E-state index is 0. The molecule has 3 aromatic rings. The van der Waals surface area contributed by atoms with Crippen LogP contribution in [0.1, 0.15) is 36.5 Å². The molecule has 0 unspecified atom stereocenters. The Balaban J connectivity index is 0.00000228. The van der Waals surface area contributed by atoms with Gasteiger partial charge in [0.1, 0.15) is 6.61 Å². The second kappa shape index (κ2) is 15.6. The van der Waals surface area contributed by atoms with Gasteiger partial charge >= 0.3 is 0 Å². The Morgan fingerprint density at radius 1 is 0.889 bits per heavy atom. The van der Waals surface area contributed by atoms with Crippen LogP contribution in [0.5, 0.6) is 11.5 Å². The molecule has 1 fully saturated rings. The van der Waals surface area contributed by atoms with Crippen LogP contribution < -0.4 is 14.8 Å². The zero-order valence-electron chi connectivity index (χ0n) is 20.4. The molecule has 0 aliphatic carbocycles. The van der Waals surface area contributed by atoms with Crippen LogP contribution in [-0.4, -0.2) is 30.6 Å². The number of para-hydroxylation sites is 1. The summed E-state index contributed by atoms with van der Waals surface area (Å²) in [5, 5.41) is 4.96. The van der Waals surface area contributed by atoms with Gasteiger partial charge in [-0.3, -0.25) is 4.90 Å². The van der Waals surface area contributed by atoms with Crippen LogP contribution in [-0.2, 0) is 19.7 Å². The SMILES string of the molecule is CCOc1cccc(CNC2CCN(Cc3ccccc3)CC2)c1OCc1ccc(Cl)cc1Cl.Cl.Cl. The van der Waals surface area contributed by atoms with Gasteiger partial charge in [-0.2, -0.15) is 0 Å². The number of benzene rings is 3. The molecule has 0 atom stereocenters. The Kier molecular flexibility index (Phi) is 13.2. The largest absolute Gasteiger partial charge is 0.490 e. The lowest BCUT2D eigenvalue weighted by Crippen LogP contribution is -2.41. The van der Waals surface area contributed by atoms with Crippen LogP contribution in [0.4, 0.5) is 0 Å². The molecule has 8 heteroatoms. The van der Waals surface area contributed by atoms with Gasteiger partial charge in [0, 0.05) is 40.3 Å². The van der Waals surface area contributed by atoms with Gasteiger partial charge in [-0.25, -0.2) is 0 Å². The third kappa shape index (κ3) is 8.72. The lowest BCUT2D eigenvalue weighted by atomic mass is 10.0. The fourth-order valence-corrected chi connectivity index (χ4v) is 4.78. The van der Waals surface area contributed by atoms with E-state index in [0.717, 1.165) is 61.6 Å². The summed E-state index contributed by atoms with van der Waals surface area (Å²) in [6.07, 6.45) is 2.27. The standard InChI is InChI=1S/C28H32Cl2N2O2.2ClH/c1-2-33-27-10-6-9-22(28(27)34-20-23-11-12-24(29)17-26(23)30)18-31-25-13-15-32(16-14-25)19-21-7-4-3-5-8-21;;/h3-12,17,25,31H,2,13-16,18-20H2,1H3;2*1H. The van der Waals surface area contributed by atoms with E-state index in [9.17, 15) is 0 Å². The molecule has 4 nitrogen and oxygen atoms in total. The maximum Gasteiger partial charge on any atom is 0.166 e. The molecule has 0 bridgehead atoms. The predicted octanol–water partition coefficient (Wildman–Crippen LogP) is 7.57. The zero-order valence-corrected chi connectivity index (χ0v) is 23.6. The van der Waals surface area contributed by atoms with Crippen molar-refractivity contribution in [3.05, 3.63) is 93.5 Å². The average Bonchev–Trinajstić information content (AvgIpc) is 2.85. The summed E-state index contributed by atoms with van der Waals surface area (Å²) in [4.78, 5) is 2.54. The molecule has 1 heterocycles. The fourth-order valence-electron chi connectivity index (χ4n) is 4.31. The Bertz CT molecular complexity index is 1060. The van der Waals surface area contributed by atoms with E-state index < -0.39 is 0 Å². The molecular formula is C28H34Cl4N2O2. The number of piperidine rings is 1. The Hall–Kier alpha value is -1.66. The van der Waals surface area contributed by atoms with E-state index in [2.05, 4.69) is 46.6 Å². The van der Waals surface area contributed by atoms with Crippen molar-refractivity contribution in [2.45, 2.75) is 45.5 Å². The van der Waals surface area contributed by atoms with Crippen molar-refractivity contribution >= 4 is 48.0 Å². The van der Waals surface area contributed by atoms with Gasteiger partial charge in [-0.1, -0.05) is 71.7 Å². The molecule has 1 saturated heterocycles. The van der Waals surface area contributed by atoms with Crippen molar-refractivity contribution in [2.75, 3.05) is 19.7 Å². The summed E-state index contributed by atoms with van der Waals surface area (Å²) in [5.41, 5.74) is 3.36. The molecule has 1 aliphatic rings. The van der Waals surface area contributed by atoms with Gasteiger partial charge in [-0.15, -0.1) is 24.8 Å². The minimum atomic E-state index is 0. The summed E-state index contributed by atoms with van der Waals surface area (Å²) in [6, 6.07) is 22.7. The maximum absolute atomic E-state index is 6.35. The summed E-state index contributed by atoms with van der Waals surface area (Å²) < 4.78 is 12.1. The van der Waals surface area contributed by atoms with Crippen molar-refractivity contribution in [2.24, 2.45) is 0 Å². The highest BCUT2D eigenvalue weighted by atomic mass is 35.5. The first kappa shape index (κ1) is 30.6. The first-order chi connectivity index (χ1) is 16.6. The Morgan fingerprint density at radius 2 is 1.64 bits per heavy atom. The number of nitrogens with one attached hydrogen (secondary N) is 1. The smallest absolute Gasteiger partial charge is 0.166 e. The van der Waals surface area contributed by atoms with Crippen LogP contribution >= 0.6 is 48.0 Å². The molecule has 0 spiro atoms. The summed E-state index contributed by atoms with van der Waals surface area (Å²) in [7, 11) is 0. The van der Waals surface area contributed by atoms with E-state index in [1.54, 1.807) is 6.07 Å². The van der Waals surface area contributed by atoms with E-state index in [-0.39, 0.29) is 24.8 Å². The summed E-state index contributed by atoms with van der Waals surface area (Å²) >= 11 is 12.4. The predicted molar refractivity (Wildman–Crippen MR) is 154 cm³/mol. The van der Waals surface area contributed by atoms with Gasteiger partial charge in [0.2, 0.25) is 0 Å². The van der Waals surface area contributed by atoms with Crippen LogP contribution in [0.25, 0.3) is 0 Å². The molecule has 4 rings (SSSR count). The number of likely N-dealkylation sites (tertiary alicyclic amines) is 1. The van der Waals surface area contributed by atoms with Crippen molar-refractivity contribution in [1.29, 1.82) is 0 Å². The number of hydrogen-bond donors (Lipinski definition) is 1. The molecule has 196 valence electrons. The van der Waals surface area contributed by atoms with Gasteiger partial charge in [0.05, 0.1) is 6.61 Å². The average molecular weight is 572 g/mol. The van der Waals surface area contributed by atoms with E-state index in [1.165, 1.54) is 5.56 Å². The lowest BCUT2D eigenvalue weighted by molar-refractivity contribution is 0.189. The highest BCUT2D eigenvalue weighted by Crippen LogP contribution is 2.33. The molecule has 1 aliphatic heterocycles. The number of hydrogen-bond acceptors (Lipinski definition) is 4. The highest BCUT2D eigenvalue weighted by molar-refractivity contribution is 6.35. The molecule has 1 N–H and O–H groups in total. The van der Waals surface area contributed by atoms with Gasteiger partial charge in [0.15, 0.2) is 11.5 Å². The Morgan fingerprint density at radius 3 is 2.33 bits per heavy atom. The highest BCUT2D eigenvalue weighted by Gasteiger charge is 2.20. The van der Waals surface area contributed by atoms with Crippen LogP contribution in [0, 0.1) is 0 Å². The lowest BCUT2D eigenvalue weighted by Gasteiger charge is -2.32. The summed E-state index contributed by atoms with van der Waals surface area (Å²) in [5.74, 6) is 1.52. The zero-order chi connectivity index (χ0) is 23.8. The molecule has 36 heavy (non-hydrogen) atoms. The number of rotatable bonds is 10. The van der Waals surface area contributed by atoms with Crippen molar-refractivity contribution in [1.82, 2.24) is 10.2 Å². The van der Waals surface area contributed by atoms with Crippen LogP contribution in [0.2, 0.25) is 10.0 Å². The van der Waals surface area contributed by atoms with Gasteiger partial charge < -0.3 is 14.8 Å². The summed E-state index contributed by atoms with van der Waals surface area (Å²) in [6.45, 7) is 6.87. The number of nitrogens with zero attached hydrogens (tertiary/aromatic N) is 1. The monoisotopic (exact) mass is 570 g/mol. The van der Waals surface area contributed by atoms with Crippen molar-refractivity contribution in [3.63, 3.8) is 0 Å². The molecule has 0 amide bonds. The van der Waals surface area contributed by atoms with E-state index >= 15 is 0 Å². The van der Waals surface area contributed by atoms with Crippen LogP contribution in [0.15, 0.2) is 66.7 Å². The second-order valence-corrected chi connectivity index (χ2v) is 9.46. The third-order valence-electron chi connectivity index (χ3n) is 6.17. The molecular weight excluding hydrogens is 538 g/mol. The van der Waals surface area contributed by atoms with Gasteiger partial charge in [-0.05, 0) is 56.6 Å². The first-order valence-corrected chi connectivity index (χ1v) is 12.7. The number of ether oxygens (including phenoxy) is 2. The van der Waals surface area contributed by atoms with Gasteiger partial charge in [0.25, 0.3) is 0 Å². The van der Waals surface area contributed by atoms with E-state index in [1.807, 2.05) is 31.2 Å².